The Balaban J connectivity index is 1.69. The number of piperidine rings is 1. The van der Waals surface area contributed by atoms with Crippen LogP contribution in [0.25, 0.3) is 0 Å². The quantitative estimate of drug-likeness (QED) is 0.782. The number of nitrogens with zero attached hydrogens (tertiary/aromatic N) is 2. The van der Waals surface area contributed by atoms with Gasteiger partial charge in [-0.15, -0.1) is 0 Å². The van der Waals surface area contributed by atoms with Crippen LogP contribution >= 0.6 is 0 Å². The Hall–Kier alpha value is -0.650. The molecule has 0 saturated carbocycles. The molecule has 5 heteroatoms. The lowest BCUT2D eigenvalue weighted by molar-refractivity contribution is -0.144. The first-order chi connectivity index (χ1) is 8.77. The molecule has 104 valence electrons. The van der Waals surface area contributed by atoms with E-state index < -0.39 is 5.97 Å². The summed E-state index contributed by atoms with van der Waals surface area (Å²) in [6, 6.07) is -0.247. The van der Waals surface area contributed by atoms with Crippen molar-refractivity contribution in [1.29, 1.82) is 0 Å². The van der Waals surface area contributed by atoms with E-state index in [1.807, 2.05) is 0 Å². The maximum Gasteiger partial charge on any atom is 0.320 e. The SMILES string of the molecule is O=C(O)C1CCCCN1CCCN1CCOCC1. The minimum absolute atomic E-state index is 0.247. The van der Waals surface area contributed by atoms with Crippen molar-refractivity contribution < 1.29 is 14.6 Å². The number of ether oxygens (including phenoxy) is 1. The predicted molar refractivity (Wildman–Crippen MR) is 68.7 cm³/mol. The summed E-state index contributed by atoms with van der Waals surface area (Å²) in [5, 5.41) is 9.19. The van der Waals surface area contributed by atoms with E-state index in [0.717, 1.165) is 71.6 Å². The average molecular weight is 256 g/mol. The van der Waals surface area contributed by atoms with E-state index >= 15 is 0 Å². The second-order valence-corrected chi connectivity index (χ2v) is 5.19. The first kappa shape index (κ1) is 13.8. The summed E-state index contributed by atoms with van der Waals surface area (Å²) in [4.78, 5) is 15.7. The number of hydrogen-bond donors (Lipinski definition) is 1. The van der Waals surface area contributed by atoms with Gasteiger partial charge in [-0.25, -0.2) is 0 Å². The van der Waals surface area contributed by atoms with Crippen LogP contribution in [0.5, 0.6) is 0 Å². The molecule has 0 amide bonds. The molecule has 0 aromatic rings. The molecule has 2 aliphatic rings. The second-order valence-electron chi connectivity index (χ2n) is 5.19. The van der Waals surface area contributed by atoms with Gasteiger partial charge in [-0.05, 0) is 32.4 Å². The number of carbonyl (C=O) groups is 1. The third-order valence-electron chi connectivity index (χ3n) is 3.92. The van der Waals surface area contributed by atoms with Crippen molar-refractivity contribution in [2.24, 2.45) is 0 Å². The number of rotatable bonds is 5. The summed E-state index contributed by atoms with van der Waals surface area (Å²) in [7, 11) is 0. The Morgan fingerprint density at radius 1 is 1.17 bits per heavy atom. The Bertz CT molecular complexity index is 267. The van der Waals surface area contributed by atoms with Crippen molar-refractivity contribution in [3.63, 3.8) is 0 Å². The molecule has 1 atom stereocenters. The van der Waals surface area contributed by atoms with Crippen molar-refractivity contribution in [1.82, 2.24) is 9.80 Å². The molecule has 2 heterocycles. The van der Waals surface area contributed by atoms with Crippen molar-refractivity contribution in [2.45, 2.75) is 31.7 Å². The van der Waals surface area contributed by atoms with Gasteiger partial charge in [0.1, 0.15) is 6.04 Å². The summed E-state index contributed by atoms with van der Waals surface area (Å²) >= 11 is 0. The molecule has 0 spiro atoms. The van der Waals surface area contributed by atoms with E-state index in [1.165, 1.54) is 0 Å². The Morgan fingerprint density at radius 3 is 2.67 bits per heavy atom. The summed E-state index contributed by atoms with van der Waals surface area (Å²) < 4.78 is 5.31. The second kappa shape index (κ2) is 7.07. The highest BCUT2D eigenvalue weighted by Crippen LogP contribution is 2.17. The molecule has 2 fully saturated rings. The fraction of sp³-hybridized carbons (Fsp3) is 0.923. The zero-order valence-electron chi connectivity index (χ0n) is 11.0. The van der Waals surface area contributed by atoms with Gasteiger partial charge in [-0.1, -0.05) is 6.42 Å². The average Bonchev–Trinajstić information content (AvgIpc) is 2.40. The summed E-state index contributed by atoms with van der Waals surface area (Å²) in [6.07, 6.45) is 4.06. The lowest BCUT2D eigenvalue weighted by atomic mass is 10.0. The Morgan fingerprint density at radius 2 is 1.94 bits per heavy atom. The van der Waals surface area contributed by atoms with Crippen LogP contribution in [0.1, 0.15) is 25.7 Å². The first-order valence-corrected chi connectivity index (χ1v) is 7.04. The molecule has 2 rings (SSSR count). The van der Waals surface area contributed by atoms with Crippen LogP contribution in [0.15, 0.2) is 0 Å². The van der Waals surface area contributed by atoms with Crippen molar-refractivity contribution >= 4 is 5.97 Å². The molecular weight excluding hydrogens is 232 g/mol. The van der Waals surface area contributed by atoms with Gasteiger partial charge in [0.25, 0.3) is 0 Å². The number of carboxylic acids is 1. The van der Waals surface area contributed by atoms with Crippen LogP contribution in [0.4, 0.5) is 0 Å². The highest BCUT2D eigenvalue weighted by Gasteiger charge is 2.27. The smallest absolute Gasteiger partial charge is 0.320 e. The zero-order chi connectivity index (χ0) is 12.8. The lowest BCUT2D eigenvalue weighted by Crippen LogP contribution is -2.46. The lowest BCUT2D eigenvalue weighted by Gasteiger charge is -2.34. The highest BCUT2D eigenvalue weighted by molar-refractivity contribution is 5.73. The standard InChI is InChI=1S/C13H24N2O3/c16-13(17)12-4-1-2-6-15(12)7-3-5-14-8-10-18-11-9-14/h12H,1-11H2,(H,16,17). The maximum atomic E-state index is 11.2. The van der Waals surface area contributed by atoms with Crippen LogP contribution in [0, 0.1) is 0 Å². The van der Waals surface area contributed by atoms with E-state index in [0.29, 0.717) is 0 Å². The van der Waals surface area contributed by atoms with Gasteiger partial charge in [0.05, 0.1) is 13.2 Å². The van der Waals surface area contributed by atoms with E-state index in [9.17, 15) is 9.90 Å². The van der Waals surface area contributed by atoms with Crippen LogP contribution in [-0.2, 0) is 9.53 Å². The fourth-order valence-electron chi connectivity index (χ4n) is 2.86. The topological polar surface area (TPSA) is 53.0 Å². The first-order valence-electron chi connectivity index (χ1n) is 7.04. The molecule has 0 radical (unpaired) electrons. The van der Waals surface area contributed by atoms with Crippen molar-refractivity contribution in [3.8, 4) is 0 Å². The van der Waals surface area contributed by atoms with Crippen LogP contribution in [0.3, 0.4) is 0 Å². The third kappa shape index (κ3) is 3.93. The van der Waals surface area contributed by atoms with Gasteiger partial charge in [0, 0.05) is 19.6 Å². The van der Waals surface area contributed by atoms with Gasteiger partial charge in [-0.3, -0.25) is 14.6 Å². The molecule has 0 aromatic carbocycles. The van der Waals surface area contributed by atoms with Crippen molar-refractivity contribution in [3.05, 3.63) is 0 Å². The van der Waals surface area contributed by atoms with Gasteiger partial charge in [0.15, 0.2) is 0 Å². The van der Waals surface area contributed by atoms with Crippen LogP contribution in [-0.4, -0.2) is 72.9 Å². The predicted octanol–water partition coefficient (Wildman–Crippen LogP) is 0.648. The molecule has 0 bridgehead atoms. The Labute approximate surface area is 109 Å². The molecule has 0 aromatic heterocycles. The van der Waals surface area contributed by atoms with Crippen LogP contribution in [0.2, 0.25) is 0 Å². The number of carboxylic acid groups (broad SMARTS) is 1. The number of likely N-dealkylation sites (tertiary alicyclic amines) is 1. The number of morpholine rings is 1. The summed E-state index contributed by atoms with van der Waals surface area (Å²) in [5.74, 6) is -0.652. The zero-order valence-corrected chi connectivity index (χ0v) is 11.0. The molecule has 1 N–H and O–H groups in total. The number of hydrogen-bond acceptors (Lipinski definition) is 4. The summed E-state index contributed by atoms with van der Waals surface area (Å²) in [6.45, 7) is 6.62. The van der Waals surface area contributed by atoms with Gasteiger partial charge in [-0.2, -0.15) is 0 Å². The van der Waals surface area contributed by atoms with Gasteiger partial charge >= 0.3 is 5.97 Å². The van der Waals surface area contributed by atoms with E-state index in [1.54, 1.807) is 0 Å². The maximum absolute atomic E-state index is 11.2. The van der Waals surface area contributed by atoms with Gasteiger partial charge < -0.3 is 9.84 Å². The molecule has 18 heavy (non-hydrogen) atoms. The molecular formula is C13H24N2O3. The normalized spacial score (nSPS) is 27.2. The molecule has 2 saturated heterocycles. The molecule has 0 aliphatic carbocycles. The Kier molecular flexibility index (Phi) is 5.41. The monoisotopic (exact) mass is 256 g/mol. The van der Waals surface area contributed by atoms with Crippen LogP contribution < -0.4 is 0 Å². The third-order valence-corrected chi connectivity index (χ3v) is 3.92. The minimum Gasteiger partial charge on any atom is -0.480 e. The highest BCUT2D eigenvalue weighted by atomic mass is 16.5. The van der Waals surface area contributed by atoms with E-state index in [-0.39, 0.29) is 6.04 Å². The molecule has 1 unspecified atom stereocenters. The van der Waals surface area contributed by atoms with E-state index in [2.05, 4.69) is 9.80 Å². The number of aliphatic carboxylic acids is 1. The minimum atomic E-state index is -0.652. The van der Waals surface area contributed by atoms with Crippen molar-refractivity contribution in [2.75, 3.05) is 45.9 Å². The largest absolute Gasteiger partial charge is 0.480 e. The fourth-order valence-corrected chi connectivity index (χ4v) is 2.86. The van der Waals surface area contributed by atoms with Gasteiger partial charge in [0.2, 0.25) is 0 Å². The summed E-state index contributed by atoms with van der Waals surface area (Å²) in [5.41, 5.74) is 0. The molecule has 2 aliphatic heterocycles. The van der Waals surface area contributed by atoms with E-state index in [4.69, 9.17) is 4.74 Å². The molecule has 5 nitrogen and oxygen atoms in total.